The minimum atomic E-state index is -0.408. The first-order valence-electron chi connectivity index (χ1n) is 7.65. The van der Waals surface area contributed by atoms with Crippen LogP contribution in [-0.2, 0) is 12.8 Å². The van der Waals surface area contributed by atoms with Crippen LogP contribution in [0.3, 0.4) is 0 Å². The van der Waals surface area contributed by atoms with Crippen LogP contribution in [0.1, 0.15) is 35.3 Å². The van der Waals surface area contributed by atoms with Gasteiger partial charge in [-0.15, -0.1) is 0 Å². The standard InChI is InChI=1S/C19H24N2O/c1-19(2,20)14-21-18(22)17-11-7-6-10-16(17)13-12-15-8-4-3-5-9-15/h3-11H,12-14,20H2,1-2H3,(H,21,22). The van der Waals surface area contributed by atoms with Gasteiger partial charge >= 0.3 is 0 Å². The van der Waals surface area contributed by atoms with Gasteiger partial charge in [0.25, 0.3) is 5.91 Å². The molecule has 2 aromatic rings. The van der Waals surface area contributed by atoms with Crippen LogP contribution in [0.25, 0.3) is 0 Å². The van der Waals surface area contributed by atoms with Crippen molar-refractivity contribution in [3.05, 3.63) is 71.3 Å². The average molecular weight is 296 g/mol. The van der Waals surface area contributed by atoms with Crippen LogP contribution >= 0.6 is 0 Å². The fraction of sp³-hybridized carbons (Fsp3) is 0.316. The van der Waals surface area contributed by atoms with Gasteiger partial charge in [-0.1, -0.05) is 48.5 Å². The summed E-state index contributed by atoms with van der Waals surface area (Å²) < 4.78 is 0. The summed E-state index contributed by atoms with van der Waals surface area (Å²) in [7, 11) is 0. The van der Waals surface area contributed by atoms with Crippen LogP contribution in [0.4, 0.5) is 0 Å². The minimum absolute atomic E-state index is 0.0535. The van der Waals surface area contributed by atoms with Crippen molar-refractivity contribution in [2.75, 3.05) is 6.54 Å². The molecular weight excluding hydrogens is 272 g/mol. The molecule has 2 aromatic carbocycles. The van der Waals surface area contributed by atoms with E-state index in [1.165, 1.54) is 5.56 Å². The Morgan fingerprint density at radius 2 is 1.64 bits per heavy atom. The molecule has 2 rings (SSSR count). The lowest BCUT2D eigenvalue weighted by Gasteiger charge is -2.19. The first-order chi connectivity index (χ1) is 10.5. The Labute approximate surface area is 132 Å². The highest BCUT2D eigenvalue weighted by Gasteiger charge is 2.15. The Bertz CT molecular complexity index is 615. The van der Waals surface area contributed by atoms with Gasteiger partial charge in [0.2, 0.25) is 0 Å². The largest absolute Gasteiger partial charge is 0.350 e. The van der Waals surface area contributed by atoms with Gasteiger partial charge in [-0.05, 0) is 43.9 Å². The van der Waals surface area contributed by atoms with Crippen LogP contribution in [-0.4, -0.2) is 18.0 Å². The second kappa shape index (κ2) is 7.23. The number of nitrogens with two attached hydrogens (primary N) is 1. The molecule has 0 unspecified atom stereocenters. The third-order valence-electron chi connectivity index (χ3n) is 3.49. The lowest BCUT2D eigenvalue weighted by atomic mass is 9.99. The predicted molar refractivity (Wildman–Crippen MR) is 90.9 cm³/mol. The first-order valence-corrected chi connectivity index (χ1v) is 7.65. The van der Waals surface area contributed by atoms with Crippen LogP contribution in [0.15, 0.2) is 54.6 Å². The molecule has 116 valence electrons. The van der Waals surface area contributed by atoms with Crippen molar-refractivity contribution in [1.29, 1.82) is 0 Å². The molecule has 0 saturated carbocycles. The highest BCUT2D eigenvalue weighted by atomic mass is 16.1. The summed E-state index contributed by atoms with van der Waals surface area (Å²) in [6, 6.07) is 18.1. The zero-order valence-corrected chi connectivity index (χ0v) is 13.3. The van der Waals surface area contributed by atoms with E-state index in [9.17, 15) is 4.79 Å². The Balaban J connectivity index is 2.05. The van der Waals surface area contributed by atoms with E-state index in [0.29, 0.717) is 6.54 Å². The summed E-state index contributed by atoms with van der Waals surface area (Å²) >= 11 is 0. The minimum Gasteiger partial charge on any atom is -0.350 e. The van der Waals surface area contributed by atoms with Crippen LogP contribution in [0.2, 0.25) is 0 Å². The van der Waals surface area contributed by atoms with Crippen molar-refractivity contribution in [2.24, 2.45) is 5.73 Å². The van der Waals surface area contributed by atoms with Gasteiger partial charge in [-0.2, -0.15) is 0 Å². The molecular formula is C19H24N2O. The van der Waals surface area contributed by atoms with E-state index in [-0.39, 0.29) is 5.91 Å². The number of rotatable bonds is 6. The van der Waals surface area contributed by atoms with Gasteiger partial charge in [0.1, 0.15) is 0 Å². The van der Waals surface area contributed by atoms with E-state index >= 15 is 0 Å². The monoisotopic (exact) mass is 296 g/mol. The summed E-state index contributed by atoms with van der Waals surface area (Å²) in [4.78, 5) is 12.4. The van der Waals surface area contributed by atoms with Crippen LogP contribution in [0, 0.1) is 0 Å². The zero-order valence-electron chi connectivity index (χ0n) is 13.3. The molecule has 22 heavy (non-hydrogen) atoms. The maximum Gasteiger partial charge on any atom is 0.251 e. The molecule has 0 radical (unpaired) electrons. The number of carbonyl (C=O) groups excluding carboxylic acids is 1. The number of hydrogen-bond donors (Lipinski definition) is 2. The molecule has 0 heterocycles. The van der Waals surface area contributed by atoms with Crippen LogP contribution in [0.5, 0.6) is 0 Å². The molecule has 0 aliphatic rings. The smallest absolute Gasteiger partial charge is 0.251 e. The first kappa shape index (κ1) is 16.2. The average Bonchev–Trinajstić information content (AvgIpc) is 2.51. The van der Waals surface area contributed by atoms with Gasteiger partial charge in [0.15, 0.2) is 0 Å². The van der Waals surface area contributed by atoms with E-state index < -0.39 is 5.54 Å². The van der Waals surface area contributed by atoms with Crippen molar-refractivity contribution < 1.29 is 4.79 Å². The highest BCUT2D eigenvalue weighted by molar-refractivity contribution is 5.95. The van der Waals surface area contributed by atoms with E-state index in [4.69, 9.17) is 5.73 Å². The fourth-order valence-corrected chi connectivity index (χ4v) is 2.29. The summed E-state index contributed by atoms with van der Waals surface area (Å²) in [6.07, 6.45) is 1.77. The third-order valence-corrected chi connectivity index (χ3v) is 3.49. The molecule has 0 aliphatic carbocycles. The van der Waals surface area contributed by atoms with E-state index in [0.717, 1.165) is 24.0 Å². The number of hydrogen-bond acceptors (Lipinski definition) is 2. The maximum atomic E-state index is 12.4. The van der Waals surface area contributed by atoms with Crippen molar-refractivity contribution >= 4 is 5.91 Å². The molecule has 0 aromatic heterocycles. The second-order valence-corrected chi connectivity index (χ2v) is 6.31. The van der Waals surface area contributed by atoms with Gasteiger partial charge in [-0.3, -0.25) is 4.79 Å². The van der Waals surface area contributed by atoms with E-state index in [1.807, 2.05) is 56.3 Å². The maximum absolute atomic E-state index is 12.4. The molecule has 0 saturated heterocycles. The van der Waals surface area contributed by atoms with Crippen LogP contribution < -0.4 is 11.1 Å². The number of amides is 1. The number of aryl methyl sites for hydroxylation is 2. The predicted octanol–water partition coefficient (Wildman–Crippen LogP) is 2.94. The van der Waals surface area contributed by atoms with E-state index in [1.54, 1.807) is 0 Å². The molecule has 3 N–H and O–H groups in total. The SMILES string of the molecule is CC(C)(N)CNC(=O)c1ccccc1CCc1ccccc1. The molecule has 1 amide bonds. The van der Waals surface area contributed by atoms with Crippen molar-refractivity contribution in [3.63, 3.8) is 0 Å². The second-order valence-electron chi connectivity index (χ2n) is 6.31. The summed E-state index contributed by atoms with van der Waals surface area (Å²) in [5, 5.41) is 2.91. The lowest BCUT2D eigenvalue weighted by molar-refractivity contribution is 0.0945. The zero-order chi connectivity index (χ0) is 16.0. The molecule has 3 nitrogen and oxygen atoms in total. The highest BCUT2D eigenvalue weighted by Crippen LogP contribution is 2.13. The molecule has 0 bridgehead atoms. The molecule has 0 fully saturated rings. The Hall–Kier alpha value is -2.13. The number of nitrogens with one attached hydrogen (secondary N) is 1. The normalized spacial score (nSPS) is 11.2. The Morgan fingerprint density at radius 3 is 2.32 bits per heavy atom. The molecule has 0 aliphatic heterocycles. The quantitative estimate of drug-likeness (QED) is 0.861. The Morgan fingerprint density at radius 1 is 1.00 bits per heavy atom. The van der Waals surface area contributed by atoms with Gasteiger partial charge in [0, 0.05) is 17.6 Å². The Kier molecular flexibility index (Phi) is 5.34. The molecule has 0 spiro atoms. The number of carbonyl (C=O) groups is 1. The fourth-order valence-electron chi connectivity index (χ4n) is 2.29. The number of benzene rings is 2. The summed E-state index contributed by atoms with van der Waals surface area (Å²) in [5.41, 5.74) is 8.60. The summed E-state index contributed by atoms with van der Waals surface area (Å²) in [6.45, 7) is 4.25. The summed E-state index contributed by atoms with van der Waals surface area (Å²) in [5.74, 6) is -0.0535. The van der Waals surface area contributed by atoms with Gasteiger partial charge in [0.05, 0.1) is 0 Å². The van der Waals surface area contributed by atoms with Gasteiger partial charge < -0.3 is 11.1 Å². The van der Waals surface area contributed by atoms with Crippen molar-refractivity contribution in [2.45, 2.75) is 32.2 Å². The van der Waals surface area contributed by atoms with Gasteiger partial charge in [-0.25, -0.2) is 0 Å². The van der Waals surface area contributed by atoms with Crippen molar-refractivity contribution in [1.82, 2.24) is 5.32 Å². The van der Waals surface area contributed by atoms with Crippen molar-refractivity contribution in [3.8, 4) is 0 Å². The lowest BCUT2D eigenvalue weighted by Crippen LogP contribution is -2.45. The van der Waals surface area contributed by atoms with E-state index in [2.05, 4.69) is 17.4 Å². The topological polar surface area (TPSA) is 55.1 Å². The molecule has 3 heteroatoms. The molecule has 0 atom stereocenters. The third kappa shape index (κ3) is 5.01.